The zero-order chi connectivity index (χ0) is 19.9. The fourth-order valence-corrected chi connectivity index (χ4v) is 3.06. The lowest BCUT2D eigenvalue weighted by Crippen LogP contribution is -2.35. The van der Waals surface area contributed by atoms with E-state index in [-0.39, 0.29) is 5.91 Å². The Morgan fingerprint density at radius 3 is 2.29 bits per heavy atom. The van der Waals surface area contributed by atoms with Gasteiger partial charge in [-0.3, -0.25) is 9.69 Å². The summed E-state index contributed by atoms with van der Waals surface area (Å²) < 4.78 is 10.9. The second-order valence-electron chi connectivity index (χ2n) is 7.01. The molecule has 0 unspecified atom stereocenters. The Labute approximate surface area is 165 Å². The molecule has 0 aliphatic carbocycles. The molecule has 0 aromatic heterocycles. The molecule has 2 aromatic rings. The van der Waals surface area contributed by atoms with Crippen molar-refractivity contribution in [2.75, 3.05) is 40.4 Å². The molecule has 1 aliphatic rings. The Kier molecular flexibility index (Phi) is 6.79. The predicted molar refractivity (Wildman–Crippen MR) is 106 cm³/mol. The third-order valence-corrected chi connectivity index (χ3v) is 4.69. The van der Waals surface area contributed by atoms with Crippen LogP contribution in [-0.2, 0) is 20.8 Å². The molecule has 1 heterocycles. The molecule has 6 heteroatoms. The fourth-order valence-electron chi connectivity index (χ4n) is 3.06. The first-order chi connectivity index (χ1) is 13.5. The molecule has 1 atom stereocenters. The highest BCUT2D eigenvalue weighted by Gasteiger charge is 2.27. The lowest BCUT2D eigenvalue weighted by Gasteiger charge is -2.26. The van der Waals surface area contributed by atoms with Crippen molar-refractivity contribution >= 4 is 11.9 Å². The maximum Gasteiger partial charge on any atom is 0.339 e. The average Bonchev–Trinajstić information content (AvgIpc) is 2.73. The minimum atomic E-state index is -0.961. The summed E-state index contributed by atoms with van der Waals surface area (Å²) in [6.45, 7) is 4.16. The number of likely N-dealkylation sites (N-methyl/N-ethyl adjacent to an activating group) is 1. The van der Waals surface area contributed by atoms with E-state index in [0.29, 0.717) is 11.1 Å². The molecular weight excluding hydrogens is 356 g/mol. The number of benzene rings is 2. The molecule has 3 rings (SSSR count). The van der Waals surface area contributed by atoms with Crippen LogP contribution in [-0.4, -0.2) is 62.1 Å². The molecule has 28 heavy (non-hydrogen) atoms. The molecule has 1 amide bonds. The minimum absolute atomic E-state index is 0.275. The highest BCUT2D eigenvalue weighted by atomic mass is 16.5. The van der Waals surface area contributed by atoms with E-state index in [2.05, 4.69) is 4.90 Å². The predicted octanol–water partition coefficient (Wildman–Crippen LogP) is 2.51. The molecule has 1 fully saturated rings. The minimum Gasteiger partial charge on any atom is -0.444 e. The lowest BCUT2D eigenvalue weighted by atomic mass is 10.1. The van der Waals surface area contributed by atoms with Crippen LogP contribution in [0.25, 0.3) is 0 Å². The van der Waals surface area contributed by atoms with E-state index in [1.165, 1.54) is 4.90 Å². The lowest BCUT2D eigenvalue weighted by molar-refractivity contribution is -0.138. The summed E-state index contributed by atoms with van der Waals surface area (Å²) >= 11 is 0. The molecular formula is C22H26N2O4. The number of carbonyl (C=O) groups is 2. The van der Waals surface area contributed by atoms with E-state index < -0.39 is 12.1 Å². The summed E-state index contributed by atoms with van der Waals surface area (Å²) in [5, 5.41) is 0. The van der Waals surface area contributed by atoms with Crippen LogP contribution in [0, 0.1) is 0 Å². The van der Waals surface area contributed by atoms with Gasteiger partial charge < -0.3 is 14.4 Å². The second kappa shape index (κ2) is 9.48. The van der Waals surface area contributed by atoms with Gasteiger partial charge in [-0.1, -0.05) is 42.5 Å². The van der Waals surface area contributed by atoms with Gasteiger partial charge in [-0.05, 0) is 17.7 Å². The molecule has 6 nitrogen and oxygen atoms in total. The molecule has 0 N–H and O–H groups in total. The molecule has 148 valence electrons. The number of hydrogen-bond donors (Lipinski definition) is 0. The molecule has 0 radical (unpaired) electrons. The Bertz CT molecular complexity index is 784. The summed E-state index contributed by atoms with van der Waals surface area (Å²) in [5.74, 6) is -0.787. The average molecular weight is 382 g/mol. The number of amides is 1. The molecule has 1 aliphatic heterocycles. The SMILES string of the molecule is CN(C)C(=O)[C@H](OC(=O)c1ccc(CN2CCOCC2)cc1)c1ccccc1. The van der Waals surface area contributed by atoms with Crippen molar-refractivity contribution in [3.63, 3.8) is 0 Å². The Hall–Kier alpha value is -2.70. The van der Waals surface area contributed by atoms with Crippen molar-refractivity contribution in [1.29, 1.82) is 0 Å². The molecule has 0 saturated carbocycles. The summed E-state index contributed by atoms with van der Waals surface area (Å²) in [6, 6.07) is 16.4. The standard InChI is InChI=1S/C22H26N2O4/c1-23(2)21(25)20(18-6-4-3-5-7-18)28-22(26)19-10-8-17(9-11-19)16-24-12-14-27-15-13-24/h3-11,20H,12-16H2,1-2H3/t20-/m1/s1. The number of ether oxygens (including phenoxy) is 2. The van der Waals surface area contributed by atoms with Crippen molar-refractivity contribution < 1.29 is 19.1 Å². The first-order valence-electron chi connectivity index (χ1n) is 9.41. The summed E-state index contributed by atoms with van der Waals surface area (Å²) in [4.78, 5) is 28.9. The van der Waals surface area contributed by atoms with Gasteiger partial charge in [-0.15, -0.1) is 0 Å². The summed E-state index contributed by atoms with van der Waals surface area (Å²) in [7, 11) is 3.29. The first-order valence-corrected chi connectivity index (χ1v) is 9.41. The Morgan fingerprint density at radius 1 is 1.04 bits per heavy atom. The van der Waals surface area contributed by atoms with Gasteiger partial charge in [0.05, 0.1) is 18.8 Å². The van der Waals surface area contributed by atoms with Gasteiger partial charge >= 0.3 is 5.97 Å². The molecule has 0 bridgehead atoms. The van der Waals surface area contributed by atoms with Crippen molar-refractivity contribution in [2.45, 2.75) is 12.6 Å². The quantitative estimate of drug-likeness (QED) is 0.719. The van der Waals surface area contributed by atoms with Crippen molar-refractivity contribution in [1.82, 2.24) is 9.80 Å². The summed E-state index contributed by atoms with van der Waals surface area (Å²) in [6.07, 6.45) is -0.961. The molecule has 2 aromatic carbocycles. The van der Waals surface area contributed by atoms with Crippen LogP contribution in [0.3, 0.4) is 0 Å². The smallest absolute Gasteiger partial charge is 0.339 e. The maximum atomic E-state index is 12.6. The van der Waals surface area contributed by atoms with Gasteiger partial charge in [-0.25, -0.2) is 4.79 Å². The zero-order valence-corrected chi connectivity index (χ0v) is 16.3. The van der Waals surface area contributed by atoms with Gasteiger partial charge in [0.2, 0.25) is 6.10 Å². The van der Waals surface area contributed by atoms with E-state index >= 15 is 0 Å². The van der Waals surface area contributed by atoms with Crippen LogP contribution in [0.4, 0.5) is 0 Å². The van der Waals surface area contributed by atoms with Crippen molar-refractivity contribution in [2.24, 2.45) is 0 Å². The van der Waals surface area contributed by atoms with Crippen LogP contribution in [0.1, 0.15) is 27.6 Å². The monoisotopic (exact) mass is 382 g/mol. The Morgan fingerprint density at radius 2 is 1.68 bits per heavy atom. The van der Waals surface area contributed by atoms with E-state index in [0.717, 1.165) is 38.4 Å². The number of nitrogens with zero attached hydrogens (tertiary/aromatic N) is 2. The normalized spacial score (nSPS) is 15.6. The second-order valence-corrected chi connectivity index (χ2v) is 7.01. The van der Waals surface area contributed by atoms with E-state index in [9.17, 15) is 9.59 Å². The highest BCUT2D eigenvalue weighted by Crippen LogP contribution is 2.21. The summed E-state index contributed by atoms with van der Waals surface area (Å²) in [5.41, 5.74) is 2.21. The third kappa shape index (κ3) is 5.18. The number of esters is 1. The van der Waals surface area contributed by atoms with Crippen molar-refractivity contribution in [3.05, 3.63) is 71.3 Å². The van der Waals surface area contributed by atoms with Crippen LogP contribution < -0.4 is 0 Å². The number of carbonyl (C=O) groups excluding carboxylic acids is 2. The van der Waals surface area contributed by atoms with Gasteiger partial charge in [0.15, 0.2) is 0 Å². The van der Waals surface area contributed by atoms with Crippen LogP contribution in [0.15, 0.2) is 54.6 Å². The molecule has 1 saturated heterocycles. The van der Waals surface area contributed by atoms with Crippen LogP contribution >= 0.6 is 0 Å². The van der Waals surface area contributed by atoms with Crippen molar-refractivity contribution in [3.8, 4) is 0 Å². The highest BCUT2D eigenvalue weighted by molar-refractivity contribution is 5.92. The maximum absolute atomic E-state index is 12.6. The topological polar surface area (TPSA) is 59.1 Å². The van der Waals surface area contributed by atoms with E-state index in [1.54, 1.807) is 38.4 Å². The van der Waals surface area contributed by atoms with Crippen LogP contribution in [0.5, 0.6) is 0 Å². The fraction of sp³-hybridized carbons (Fsp3) is 0.364. The van der Waals surface area contributed by atoms with Gasteiger partial charge in [0.25, 0.3) is 5.91 Å². The number of rotatable bonds is 6. The zero-order valence-electron chi connectivity index (χ0n) is 16.3. The number of morpholine rings is 1. The van der Waals surface area contributed by atoms with Crippen LogP contribution in [0.2, 0.25) is 0 Å². The number of hydrogen-bond acceptors (Lipinski definition) is 5. The molecule has 0 spiro atoms. The van der Waals surface area contributed by atoms with Gasteiger partial charge in [-0.2, -0.15) is 0 Å². The van der Waals surface area contributed by atoms with Gasteiger partial charge in [0.1, 0.15) is 0 Å². The van der Waals surface area contributed by atoms with E-state index in [1.807, 2.05) is 30.3 Å². The first kappa shape index (κ1) is 20.0. The largest absolute Gasteiger partial charge is 0.444 e. The van der Waals surface area contributed by atoms with Gasteiger partial charge in [0, 0.05) is 39.3 Å². The third-order valence-electron chi connectivity index (χ3n) is 4.69. The Balaban J connectivity index is 1.68. The van der Waals surface area contributed by atoms with E-state index in [4.69, 9.17) is 9.47 Å².